The minimum absolute atomic E-state index is 0.127. The number of carbonyl (C=O) groups excluding carboxylic acids is 1. The summed E-state index contributed by atoms with van der Waals surface area (Å²) in [5, 5.41) is 11.4. The molecule has 0 bridgehead atoms. The maximum absolute atomic E-state index is 12.4. The van der Waals surface area contributed by atoms with E-state index in [9.17, 15) is 14.9 Å². The topological polar surface area (TPSA) is 85.6 Å². The zero-order valence-corrected chi connectivity index (χ0v) is 12.9. The molecule has 3 rings (SSSR count). The molecule has 23 heavy (non-hydrogen) atoms. The first-order chi connectivity index (χ1) is 11.0. The molecule has 2 aromatic rings. The van der Waals surface area contributed by atoms with Crippen molar-refractivity contribution in [3.05, 3.63) is 57.1 Å². The van der Waals surface area contributed by atoms with Gasteiger partial charge in [0.2, 0.25) is 0 Å². The standard InChI is InChI=1S/C15H12ClN3O4/c1-9-15(20)18(8-10-4-2-3-5-11(10)16)14-12(23-9)6-7-13(17-14)19(21)22/h2-7,9H,8H2,1H3. The van der Waals surface area contributed by atoms with Gasteiger partial charge in [0.25, 0.3) is 11.7 Å². The van der Waals surface area contributed by atoms with Gasteiger partial charge < -0.3 is 14.9 Å². The lowest BCUT2D eigenvalue weighted by molar-refractivity contribution is -0.389. The van der Waals surface area contributed by atoms with Gasteiger partial charge in [-0.3, -0.25) is 9.69 Å². The van der Waals surface area contributed by atoms with Crippen molar-refractivity contribution in [2.45, 2.75) is 19.6 Å². The second-order valence-electron chi connectivity index (χ2n) is 5.02. The fraction of sp³-hybridized carbons (Fsp3) is 0.200. The third-order valence-corrected chi connectivity index (χ3v) is 3.84. The normalized spacial score (nSPS) is 16.7. The van der Waals surface area contributed by atoms with E-state index in [1.165, 1.54) is 17.0 Å². The first kappa shape index (κ1) is 15.2. The van der Waals surface area contributed by atoms with Crippen molar-refractivity contribution in [3.8, 4) is 5.75 Å². The van der Waals surface area contributed by atoms with E-state index in [0.717, 1.165) is 5.56 Å². The van der Waals surface area contributed by atoms with E-state index in [1.54, 1.807) is 31.2 Å². The lowest BCUT2D eigenvalue weighted by Crippen LogP contribution is -2.44. The van der Waals surface area contributed by atoms with Crippen LogP contribution < -0.4 is 9.64 Å². The van der Waals surface area contributed by atoms with Crippen molar-refractivity contribution in [3.63, 3.8) is 0 Å². The summed E-state index contributed by atoms with van der Waals surface area (Å²) < 4.78 is 5.47. The molecule has 0 saturated carbocycles. The van der Waals surface area contributed by atoms with Crippen molar-refractivity contribution in [2.75, 3.05) is 4.90 Å². The van der Waals surface area contributed by atoms with Crippen LogP contribution in [0.25, 0.3) is 0 Å². The molecule has 1 unspecified atom stereocenters. The summed E-state index contributed by atoms with van der Waals surface area (Å²) in [4.78, 5) is 28.0. The molecule has 1 aromatic heterocycles. The van der Waals surface area contributed by atoms with Gasteiger partial charge in [-0.05, 0) is 34.5 Å². The van der Waals surface area contributed by atoms with Crippen molar-refractivity contribution in [1.82, 2.24) is 4.98 Å². The molecule has 1 aliphatic rings. The van der Waals surface area contributed by atoms with Crippen LogP contribution in [0.15, 0.2) is 36.4 Å². The van der Waals surface area contributed by atoms with Gasteiger partial charge in [-0.15, -0.1) is 0 Å². The van der Waals surface area contributed by atoms with Crippen LogP contribution in [0.1, 0.15) is 12.5 Å². The molecular formula is C15H12ClN3O4. The number of amides is 1. The molecule has 0 saturated heterocycles. The second kappa shape index (κ2) is 5.85. The Balaban J connectivity index is 2.05. The number of carbonyl (C=O) groups is 1. The Hall–Kier alpha value is -2.67. The smallest absolute Gasteiger partial charge is 0.366 e. The molecule has 1 atom stereocenters. The van der Waals surface area contributed by atoms with Crippen LogP contribution in [0.2, 0.25) is 5.02 Å². The largest absolute Gasteiger partial charge is 0.475 e. The van der Waals surface area contributed by atoms with Gasteiger partial charge >= 0.3 is 5.82 Å². The molecule has 0 fully saturated rings. The Morgan fingerprint density at radius 3 is 2.78 bits per heavy atom. The summed E-state index contributed by atoms with van der Waals surface area (Å²) in [5.74, 6) is -0.221. The Morgan fingerprint density at radius 2 is 2.09 bits per heavy atom. The number of pyridine rings is 1. The molecule has 2 heterocycles. The SMILES string of the molecule is CC1Oc2ccc([N+](=O)[O-])nc2N(Cc2ccccc2Cl)C1=O. The Labute approximate surface area is 136 Å². The van der Waals surface area contributed by atoms with Crippen LogP contribution in [-0.2, 0) is 11.3 Å². The first-order valence-electron chi connectivity index (χ1n) is 6.84. The first-order valence-corrected chi connectivity index (χ1v) is 7.22. The molecule has 0 aliphatic carbocycles. The van der Waals surface area contributed by atoms with Crippen molar-refractivity contribution in [2.24, 2.45) is 0 Å². The van der Waals surface area contributed by atoms with Crippen LogP contribution in [0.3, 0.4) is 0 Å². The van der Waals surface area contributed by atoms with Gasteiger partial charge in [0.15, 0.2) is 11.9 Å². The van der Waals surface area contributed by atoms with Crippen LogP contribution in [0.4, 0.5) is 11.6 Å². The van der Waals surface area contributed by atoms with Crippen LogP contribution in [0, 0.1) is 10.1 Å². The number of hydrogen-bond acceptors (Lipinski definition) is 5. The number of halogens is 1. The van der Waals surface area contributed by atoms with E-state index in [4.69, 9.17) is 16.3 Å². The second-order valence-corrected chi connectivity index (χ2v) is 5.43. The number of ether oxygens (including phenoxy) is 1. The molecule has 0 radical (unpaired) electrons. The molecule has 1 aromatic carbocycles. The van der Waals surface area contributed by atoms with Crippen LogP contribution in [0.5, 0.6) is 5.75 Å². The van der Waals surface area contributed by atoms with Gasteiger partial charge in [0, 0.05) is 11.1 Å². The molecule has 0 N–H and O–H groups in total. The fourth-order valence-corrected chi connectivity index (χ4v) is 2.52. The number of rotatable bonds is 3. The summed E-state index contributed by atoms with van der Waals surface area (Å²) in [7, 11) is 0. The zero-order valence-electron chi connectivity index (χ0n) is 12.1. The predicted molar refractivity (Wildman–Crippen MR) is 83.6 cm³/mol. The molecule has 1 amide bonds. The molecule has 0 spiro atoms. The average molecular weight is 334 g/mol. The van der Waals surface area contributed by atoms with Gasteiger partial charge in [0.1, 0.15) is 0 Å². The summed E-state index contributed by atoms with van der Waals surface area (Å²) >= 11 is 6.14. The van der Waals surface area contributed by atoms with E-state index in [0.29, 0.717) is 10.8 Å². The number of anilines is 1. The van der Waals surface area contributed by atoms with E-state index < -0.39 is 11.0 Å². The summed E-state index contributed by atoms with van der Waals surface area (Å²) in [6.45, 7) is 1.78. The Kier molecular flexibility index (Phi) is 3.87. The fourth-order valence-electron chi connectivity index (χ4n) is 2.33. The third-order valence-electron chi connectivity index (χ3n) is 3.47. The van der Waals surface area contributed by atoms with E-state index in [2.05, 4.69) is 4.98 Å². The highest BCUT2D eigenvalue weighted by Gasteiger charge is 2.36. The summed E-state index contributed by atoms with van der Waals surface area (Å²) in [5.41, 5.74) is 0.718. The third kappa shape index (κ3) is 2.83. The number of hydrogen-bond donors (Lipinski definition) is 0. The van der Waals surface area contributed by atoms with Crippen molar-refractivity contribution in [1.29, 1.82) is 0 Å². The van der Waals surface area contributed by atoms with Gasteiger partial charge in [-0.2, -0.15) is 0 Å². The molecule has 7 nitrogen and oxygen atoms in total. The lowest BCUT2D eigenvalue weighted by atomic mass is 10.1. The maximum atomic E-state index is 12.4. The Morgan fingerprint density at radius 1 is 1.35 bits per heavy atom. The summed E-state index contributed by atoms with van der Waals surface area (Å²) in [6, 6.07) is 9.78. The number of nitrogens with zero attached hydrogens (tertiary/aromatic N) is 3. The molecule has 8 heteroatoms. The quantitative estimate of drug-likeness (QED) is 0.636. The highest BCUT2D eigenvalue weighted by atomic mass is 35.5. The lowest BCUT2D eigenvalue weighted by Gasteiger charge is -2.29. The number of benzene rings is 1. The van der Waals surface area contributed by atoms with Gasteiger partial charge in [0.05, 0.1) is 6.54 Å². The predicted octanol–water partition coefficient (Wildman–Crippen LogP) is 2.96. The molecule has 118 valence electrons. The number of nitro groups is 1. The van der Waals surface area contributed by atoms with Crippen molar-refractivity contribution < 1.29 is 14.5 Å². The monoisotopic (exact) mass is 333 g/mol. The molecule has 1 aliphatic heterocycles. The Bertz CT molecular complexity index is 796. The minimum Gasteiger partial charge on any atom is -0.475 e. The average Bonchev–Trinajstić information content (AvgIpc) is 2.53. The van der Waals surface area contributed by atoms with Crippen molar-refractivity contribution >= 4 is 29.1 Å². The zero-order chi connectivity index (χ0) is 16.6. The number of aromatic nitrogens is 1. The molecular weight excluding hydrogens is 322 g/mol. The minimum atomic E-state index is -0.701. The van der Waals surface area contributed by atoms with Crippen LogP contribution >= 0.6 is 11.6 Å². The highest BCUT2D eigenvalue weighted by Crippen LogP contribution is 2.35. The summed E-state index contributed by atoms with van der Waals surface area (Å²) in [6.07, 6.45) is -0.701. The van der Waals surface area contributed by atoms with Gasteiger partial charge in [-0.1, -0.05) is 29.8 Å². The number of fused-ring (bicyclic) bond motifs is 1. The van der Waals surface area contributed by atoms with Gasteiger partial charge in [-0.25, -0.2) is 0 Å². The van der Waals surface area contributed by atoms with E-state index in [-0.39, 0.29) is 24.1 Å². The highest BCUT2D eigenvalue weighted by molar-refractivity contribution is 6.31. The maximum Gasteiger partial charge on any atom is 0.366 e. The van der Waals surface area contributed by atoms with E-state index >= 15 is 0 Å². The van der Waals surface area contributed by atoms with Crippen LogP contribution in [-0.4, -0.2) is 21.9 Å². The van der Waals surface area contributed by atoms with E-state index in [1.807, 2.05) is 0 Å².